The molecule has 7 heteroatoms. The summed E-state index contributed by atoms with van der Waals surface area (Å²) in [7, 11) is -0.0340. The van der Waals surface area contributed by atoms with E-state index in [9.17, 15) is 13.2 Å². The van der Waals surface area contributed by atoms with E-state index in [4.69, 9.17) is 5.73 Å². The molecule has 0 radical (unpaired) electrons. The van der Waals surface area contributed by atoms with Gasteiger partial charge in [-0.05, 0) is 37.0 Å². The lowest BCUT2D eigenvalue weighted by molar-refractivity contribution is -0.135. The Labute approximate surface area is 169 Å². The number of benzene rings is 1. The van der Waals surface area contributed by atoms with E-state index in [1.54, 1.807) is 37.2 Å². The molecule has 6 nitrogen and oxygen atoms in total. The summed E-state index contributed by atoms with van der Waals surface area (Å²) in [6, 6.07) is 7.31. The fourth-order valence-electron chi connectivity index (χ4n) is 4.64. The van der Waals surface area contributed by atoms with Crippen LogP contribution in [0, 0.1) is 5.92 Å². The van der Waals surface area contributed by atoms with E-state index < -0.39 is 15.1 Å². The third kappa shape index (κ3) is 4.58. The van der Waals surface area contributed by atoms with Crippen molar-refractivity contribution in [3.63, 3.8) is 0 Å². The third-order valence-corrected chi connectivity index (χ3v) is 8.35. The summed E-state index contributed by atoms with van der Waals surface area (Å²) in [5.74, 6) is -0.250. The zero-order chi connectivity index (χ0) is 20.3. The number of piperidine rings is 1. The Morgan fingerprint density at radius 1 is 1.18 bits per heavy atom. The zero-order valence-corrected chi connectivity index (χ0v) is 17.8. The van der Waals surface area contributed by atoms with Crippen molar-refractivity contribution >= 4 is 15.7 Å². The Bertz CT molecular complexity index is 788. The van der Waals surface area contributed by atoms with Crippen LogP contribution in [-0.4, -0.2) is 62.6 Å². The molecule has 0 spiro atoms. The summed E-state index contributed by atoms with van der Waals surface area (Å²) in [4.78, 5) is 16.9. The number of sulfone groups is 1. The Morgan fingerprint density at radius 3 is 2.54 bits per heavy atom. The number of amides is 1. The predicted octanol–water partition coefficient (Wildman–Crippen LogP) is 2.03. The molecular formula is C21H33N3O3S. The second kappa shape index (κ2) is 8.93. The maximum atomic E-state index is 13.4. The quantitative estimate of drug-likeness (QED) is 0.807. The summed E-state index contributed by atoms with van der Waals surface area (Å²) >= 11 is 0. The second-order valence-electron chi connectivity index (χ2n) is 8.43. The lowest BCUT2D eigenvalue weighted by atomic mass is 9.89. The van der Waals surface area contributed by atoms with Crippen LogP contribution >= 0.6 is 0 Å². The van der Waals surface area contributed by atoms with Crippen LogP contribution in [0.5, 0.6) is 0 Å². The zero-order valence-electron chi connectivity index (χ0n) is 17.0. The average molecular weight is 408 g/mol. The minimum Gasteiger partial charge on any atom is -0.349 e. The van der Waals surface area contributed by atoms with Crippen molar-refractivity contribution in [1.29, 1.82) is 0 Å². The first-order valence-electron chi connectivity index (χ1n) is 10.3. The van der Waals surface area contributed by atoms with Crippen LogP contribution in [-0.2, 0) is 21.2 Å². The molecule has 2 aliphatic rings. The summed E-state index contributed by atoms with van der Waals surface area (Å²) in [6.07, 6.45) is 6.19. The number of nitrogens with zero attached hydrogens (tertiary/aromatic N) is 2. The van der Waals surface area contributed by atoms with E-state index in [2.05, 4.69) is 4.90 Å². The average Bonchev–Trinajstić information content (AvgIpc) is 2.73. The number of rotatable bonds is 5. The lowest BCUT2D eigenvalue weighted by Gasteiger charge is -2.43. The van der Waals surface area contributed by atoms with Gasteiger partial charge < -0.3 is 10.6 Å². The van der Waals surface area contributed by atoms with Crippen LogP contribution in [0.2, 0.25) is 0 Å². The summed E-state index contributed by atoms with van der Waals surface area (Å²) in [5, 5.41) is -0.565. The van der Waals surface area contributed by atoms with E-state index in [1.807, 2.05) is 6.07 Å². The Kier molecular flexibility index (Phi) is 6.78. The molecule has 1 aliphatic carbocycles. The molecule has 2 unspecified atom stereocenters. The fourth-order valence-corrected chi connectivity index (χ4v) is 6.48. The lowest BCUT2D eigenvalue weighted by Crippen LogP contribution is -2.53. The molecule has 1 saturated carbocycles. The summed E-state index contributed by atoms with van der Waals surface area (Å²) in [6.45, 7) is 1.48. The highest BCUT2D eigenvalue weighted by Gasteiger charge is 2.41. The second-order valence-corrected chi connectivity index (χ2v) is 10.7. The molecule has 1 heterocycles. The molecule has 2 atom stereocenters. The Hall–Kier alpha value is -1.44. The van der Waals surface area contributed by atoms with Crippen molar-refractivity contribution in [1.82, 2.24) is 9.80 Å². The number of carbonyl (C=O) groups is 1. The highest BCUT2D eigenvalue weighted by molar-refractivity contribution is 7.92. The van der Waals surface area contributed by atoms with Crippen LogP contribution in [0.4, 0.5) is 0 Å². The molecule has 1 amide bonds. The van der Waals surface area contributed by atoms with Crippen molar-refractivity contribution in [2.45, 2.75) is 61.3 Å². The number of carbonyl (C=O) groups excluding carboxylic acids is 1. The van der Waals surface area contributed by atoms with Crippen molar-refractivity contribution < 1.29 is 13.2 Å². The standard InChI is InChI=1S/C21H33N3O3S/c1-23(2)21(25)17-12-20(15-24(14-17)18-8-4-3-5-9-18)28(26,27)19-10-6-7-16(11-19)13-22/h6-7,10-11,17-18,20H,3-5,8-9,12-15,22H2,1-2H3. The molecule has 2 fully saturated rings. The van der Waals surface area contributed by atoms with E-state index in [1.165, 1.54) is 19.3 Å². The van der Waals surface area contributed by atoms with Crippen molar-refractivity contribution in [2.24, 2.45) is 11.7 Å². The van der Waals surface area contributed by atoms with Gasteiger partial charge in [0.05, 0.1) is 16.1 Å². The molecule has 2 N–H and O–H groups in total. The molecule has 1 aromatic carbocycles. The van der Waals surface area contributed by atoms with Crippen LogP contribution < -0.4 is 5.73 Å². The maximum Gasteiger partial charge on any atom is 0.226 e. The van der Waals surface area contributed by atoms with Gasteiger partial charge in [-0.15, -0.1) is 0 Å². The SMILES string of the molecule is CN(C)C(=O)C1CC(S(=O)(=O)c2cccc(CN)c2)CN(C2CCCCC2)C1. The molecule has 3 rings (SSSR count). The molecule has 156 valence electrons. The van der Waals surface area contributed by atoms with Crippen LogP contribution in [0.3, 0.4) is 0 Å². The highest BCUT2D eigenvalue weighted by Crippen LogP contribution is 2.32. The predicted molar refractivity (Wildman–Crippen MR) is 111 cm³/mol. The van der Waals surface area contributed by atoms with Gasteiger partial charge in [0.15, 0.2) is 9.84 Å². The normalized spacial score (nSPS) is 24.8. The molecule has 28 heavy (non-hydrogen) atoms. The first kappa shape index (κ1) is 21.3. The van der Waals surface area contributed by atoms with Crippen LogP contribution in [0.15, 0.2) is 29.2 Å². The molecule has 0 bridgehead atoms. The van der Waals surface area contributed by atoms with Gasteiger partial charge in [-0.25, -0.2) is 8.42 Å². The monoisotopic (exact) mass is 407 g/mol. The fraction of sp³-hybridized carbons (Fsp3) is 0.667. The van der Waals surface area contributed by atoms with Gasteiger partial charge in [-0.3, -0.25) is 9.69 Å². The minimum atomic E-state index is -3.53. The smallest absolute Gasteiger partial charge is 0.226 e. The Morgan fingerprint density at radius 2 is 1.89 bits per heavy atom. The van der Waals surface area contributed by atoms with Gasteiger partial charge >= 0.3 is 0 Å². The maximum absolute atomic E-state index is 13.4. The van der Waals surface area contributed by atoms with Gasteiger partial charge in [0.2, 0.25) is 5.91 Å². The number of hydrogen-bond acceptors (Lipinski definition) is 5. The molecule has 0 aromatic heterocycles. The van der Waals surface area contributed by atoms with Crippen LogP contribution in [0.25, 0.3) is 0 Å². The van der Waals surface area contributed by atoms with E-state index in [-0.39, 0.29) is 11.8 Å². The minimum absolute atomic E-state index is 0.0245. The highest BCUT2D eigenvalue weighted by atomic mass is 32.2. The van der Waals surface area contributed by atoms with E-state index in [0.29, 0.717) is 37.0 Å². The number of hydrogen-bond donors (Lipinski definition) is 1. The third-order valence-electron chi connectivity index (χ3n) is 6.22. The molecule has 1 aromatic rings. The van der Waals surface area contributed by atoms with Crippen molar-refractivity contribution in [3.05, 3.63) is 29.8 Å². The van der Waals surface area contributed by atoms with Crippen molar-refractivity contribution in [2.75, 3.05) is 27.2 Å². The topological polar surface area (TPSA) is 83.7 Å². The first-order valence-corrected chi connectivity index (χ1v) is 11.9. The van der Waals surface area contributed by atoms with Gasteiger partial charge in [0.25, 0.3) is 0 Å². The van der Waals surface area contributed by atoms with Crippen molar-refractivity contribution in [3.8, 4) is 0 Å². The van der Waals surface area contributed by atoms with Gasteiger partial charge in [-0.2, -0.15) is 0 Å². The van der Waals surface area contributed by atoms with E-state index in [0.717, 1.165) is 18.4 Å². The molecule has 1 saturated heterocycles. The first-order chi connectivity index (χ1) is 13.3. The van der Waals surface area contributed by atoms with Gasteiger partial charge in [0.1, 0.15) is 0 Å². The summed E-state index contributed by atoms with van der Waals surface area (Å²) in [5.41, 5.74) is 6.51. The van der Waals surface area contributed by atoms with Gasteiger partial charge in [-0.1, -0.05) is 31.4 Å². The molecular weight excluding hydrogens is 374 g/mol. The number of nitrogens with two attached hydrogens (primary N) is 1. The largest absolute Gasteiger partial charge is 0.349 e. The molecule has 1 aliphatic heterocycles. The van der Waals surface area contributed by atoms with Gasteiger partial charge in [0, 0.05) is 39.8 Å². The Balaban J connectivity index is 1.89. The van der Waals surface area contributed by atoms with E-state index >= 15 is 0 Å². The van der Waals surface area contributed by atoms with Crippen LogP contribution in [0.1, 0.15) is 44.1 Å². The summed E-state index contributed by atoms with van der Waals surface area (Å²) < 4.78 is 26.9. The number of likely N-dealkylation sites (tertiary alicyclic amines) is 1.